The second-order valence-corrected chi connectivity index (χ2v) is 11.2. The highest BCUT2D eigenvalue weighted by molar-refractivity contribution is 7.92. The highest BCUT2D eigenvalue weighted by Crippen LogP contribution is 2.23. The fourth-order valence-electron chi connectivity index (χ4n) is 3.05. The maximum atomic E-state index is 13.3. The molecule has 1 saturated heterocycles. The standard InChI is InChI=1S/C16H23F2NO4S2/c1-12(2)10-24(20,21)16-4-3-5-19(9-16)25(22,23)11-13-6-14(17)8-15(18)7-13/h6-8,12,16H,3-5,9-11H2,1-2H3/t16-/m0/s1. The van der Waals surface area contributed by atoms with Crippen molar-refractivity contribution in [2.45, 2.75) is 37.7 Å². The zero-order chi connectivity index (χ0) is 18.8. The molecule has 2 rings (SSSR count). The SMILES string of the molecule is CC(C)CS(=O)(=O)[C@H]1CCCN(S(=O)(=O)Cc2cc(F)cc(F)c2)C1. The Balaban J connectivity index is 2.16. The number of halogens is 2. The van der Waals surface area contributed by atoms with E-state index in [-0.39, 0.29) is 30.3 Å². The Morgan fingerprint density at radius 1 is 1.12 bits per heavy atom. The molecule has 1 aromatic rings. The van der Waals surface area contributed by atoms with Crippen LogP contribution in [0.2, 0.25) is 0 Å². The van der Waals surface area contributed by atoms with E-state index in [2.05, 4.69) is 0 Å². The van der Waals surface area contributed by atoms with E-state index in [1.165, 1.54) is 0 Å². The summed E-state index contributed by atoms with van der Waals surface area (Å²) in [7, 11) is -7.24. The fraction of sp³-hybridized carbons (Fsp3) is 0.625. The summed E-state index contributed by atoms with van der Waals surface area (Å²) in [5, 5.41) is -0.734. The molecule has 1 aromatic carbocycles. The van der Waals surface area contributed by atoms with Crippen LogP contribution in [0.5, 0.6) is 0 Å². The molecule has 1 aliphatic heterocycles. The van der Waals surface area contributed by atoms with Gasteiger partial charge in [0, 0.05) is 19.2 Å². The van der Waals surface area contributed by atoms with Crippen molar-refractivity contribution in [3.8, 4) is 0 Å². The van der Waals surface area contributed by atoms with Crippen molar-refractivity contribution >= 4 is 19.9 Å². The topological polar surface area (TPSA) is 71.5 Å². The van der Waals surface area contributed by atoms with E-state index >= 15 is 0 Å². The third-order valence-electron chi connectivity index (χ3n) is 4.08. The third-order valence-corrected chi connectivity index (χ3v) is 8.43. The fourth-order valence-corrected chi connectivity index (χ4v) is 6.86. The zero-order valence-corrected chi connectivity index (χ0v) is 15.9. The molecule has 142 valence electrons. The van der Waals surface area contributed by atoms with Crippen molar-refractivity contribution in [3.63, 3.8) is 0 Å². The van der Waals surface area contributed by atoms with Gasteiger partial charge < -0.3 is 0 Å². The Bertz CT molecular complexity index is 802. The molecule has 1 atom stereocenters. The van der Waals surface area contributed by atoms with Gasteiger partial charge in [0.05, 0.1) is 16.8 Å². The van der Waals surface area contributed by atoms with E-state index < -0.39 is 42.5 Å². The lowest BCUT2D eigenvalue weighted by Gasteiger charge is -2.32. The minimum absolute atomic E-state index is 0.00432. The number of benzene rings is 1. The lowest BCUT2D eigenvalue weighted by atomic mass is 10.2. The van der Waals surface area contributed by atoms with Gasteiger partial charge in [-0.15, -0.1) is 0 Å². The lowest BCUT2D eigenvalue weighted by molar-refractivity contribution is 0.345. The van der Waals surface area contributed by atoms with Crippen LogP contribution < -0.4 is 0 Å². The maximum Gasteiger partial charge on any atom is 0.218 e. The van der Waals surface area contributed by atoms with Gasteiger partial charge in [-0.25, -0.2) is 29.9 Å². The van der Waals surface area contributed by atoms with Crippen LogP contribution in [0.25, 0.3) is 0 Å². The van der Waals surface area contributed by atoms with Crippen LogP contribution in [0.4, 0.5) is 8.78 Å². The summed E-state index contributed by atoms with van der Waals surface area (Å²) in [6, 6.07) is 2.61. The van der Waals surface area contributed by atoms with Crippen LogP contribution in [0.3, 0.4) is 0 Å². The smallest absolute Gasteiger partial charge is 0.218 e. The number of piperidine rings is 1. The molecule has 25 heavy (non-hydrogen) atoms. The Morgan fingerprint density at radius 3 is 2.28 bits per heavy atom. The van der Waals surface area contributed by atoms with E-state index in [1.807, 2.05) is 0 Å². The second kappa shape index (κ2) is 7.67. The number of hydrogen-bond acceptors (Lipinski definition) is 4. The van der Waals surface area contributed by atoms with E-state index in [0.29, 0.717) is 18.9 Å². The first kappa shape index (κ1) is 20.3. The minimum Gasteiger partial charge on any atom is -0.228 e. The molecule has 0 amide bonds. The van der Waals surface area contributed by atoms with Crippen molar-refractivity contribution in [1.82, 2.24) is 4.31 Å². The highest BCUT2D eigenvalue weighted by atomic mass is 32.2. The number of sulfonamides is 1. The number of hydrogen-bond donors (Lipinski definition) is 0. The first-order valence-corrected chi connectivity index (χ1v) is 11.5. The predicted octanol–water partition coefficient (Wildman–Crippen LogP) is 2.33. The van der Waals surface area contributed by atoms with E-state index in [9.17, 15) is 25.6 Å². The van der Waals surface area contributed by atoms with Crippen molar-refractivity contribution in [2.24, 2.45) is 5.92 Å². The van der Waals surface area contributed by atoms with Crippen molar-refractivity contribution in [1.29, 1.82) is 0 Å². The number of rotatable bonds is 6. The van der Waals surface area contributed by atoms with Gasteiger partial charge in [0.1, 0.15) is 11.6 Å². The van der Waals surface area contributed by atoms with Crippen LogP contribution in [-0.2, 0) is 25.6 Å². The summed E-state index contributed by atoms with van der Waals surface area (Å²) in [4.78, 5) is 0. The Kier molecular flexibility index (Phi) is 6.22. The summed E-state index contributed by atoms with van der Waals surface area (Å²) in [6.07, 6.45) is 0.869. The Morgan fingerprint density at radius 2 is 1.72 bits per heavy atom. The van der Waals surface area contributed by atoms with Gasteiger partial charge >= 0.3 is 0 Å². The van der Waals surface area contributed by atoms with Crippen molar-refractivity contribution in [3.05, 3.63) is 35.4 Å². The molecule has 0 aliphatic carbocycles. The summed E-state index contributed by atoms with van der Waals surface area (Å²) < 4.78 is 77.5. The van der Waals surface area contributed by atoms with Gasteiger partial charge in [0.25, 0.3) is 0 Å². The number of nitrogens with zero attached hydrogens (tertiary/aromatic N) is 1. The minimum atomic E-state index is -3.86. The van der Waals surface area contributed by atoms with E-state index in [0.717, 1.165) is 16.4 Å². The van der Waals surface area contributed by atoms with Crippen molar-refractivity contribution < 1.29 is 25.6 Å². The molecular formula is C16H23F2NO4S2. The summed E-state index contributed by atoms with van der Waals surface area (Å²) in [5.74, 6) is -2.27. The summed E-state index contributed by atoms with van der Waals surface area (Å²) in [5.41, 5.74) is 0.00432. The third kappa shape index (κ3) is 5.46. The number of sulfone groups is 1. The Hall–Kier alpha value is -1.06. The predicted molar refractivity (Wildman–Crippen MR) is 92.2 cm³/mol. The molecule has 0 spiro atoms. The molecule has 1 heterocycles. The molecule has 9 heteroatoms. The van der Waals surface area contributed by atoms with Gasteiger partial charge in [-0.05, 0) is 36.5 Å². The van der Waals surface area contributed by atoms with Gasteiger partial charge in [0.2, 0.25) is 10.0 Å². The molecule has 1 fully saturated rings. The van der Waals surface area contributed by atoms with Gasteiger partial charge in [-0.1, -0.05) is 13.8 Å². The average molecular weight is 395 g/mol. The van der Waals surface area contributed by atoms with Crippen LogP contribution in [0.15, 0.2) is 18.2 Å². The van der Waals surface area contributed by atoms with Crippen molar-refractivity contribution in [2.75, 3.05) is 18.8 Å². The lowest BCUT2D eigenvalue weighted by Crippen LogP contribution is -2.46. The van der Waals surface area contributed by atoms with Crippen LogP contribution >= 0.6 is 0 Å². The Labute approximate surface area is 148 Å². The second-order valence-electron chi connectivity index (χ2n) is 6.88. The molecule has 0 N–H and O–H groups in total. The largest absolute Gasteiger partial charge is 0.228 e. The van der Waals surface area contributed by atoms with Crippen LogP contribution in [-0.4, -0.2) is 45.2 Å². The first-order chi connectivity index (χ1) is 11.5. The molecule has 5 nitrogen and oxygen atoms in total. The normalized spacial score (nSPS) is 20.1. The highest BCUT2D eigenvalue weighted by Gasteiger charge is 2.35. The molecular weight excluding hydrogens is 372 g/mol. The molecule has 0 unspecified atom stereocenters. The maximum absolute atomic E-state index is 13.3. The summed E-state index contributed by atoms with van der Waals surface area (Å²) in [6.45, 7) is 3.71. The monoisotopic (exact) mass is 395 g/mol. The summed E-state index contributed by atoms with van der Waals surface area (Å²) >= 11 is 0. The first-order valence-electron chi connectivity index (χ1n) is 8.14. The van der Waals surface area contributed by atoms with Crippen LogP contribution in [0, 0.1) is 17.6 Å². The molecule has 0 aromatic heterocycles. The molecule has 1 aliphatic rings. The van der Waals surface area contributed by atoms with Crippen LogP contribution in [0.1, 0.15) is 32.3 Å². The molecule has 0 bridgehead atoms. The quantitative estimate of drug-likeness (QED) is 0.741. The van der Waals surface area contributed by atoms with E-state index in [1.54, 1.807) is 13.8 Å². The van der Waals surface area contributed by atoms with Gasteiger partial charge in [-0.3, -0.25) is 0 Å². The van der Waals surface area contributed by atoms with Gasteiger partial charge in [-0.2, -0.15) is 0 Å². The zero-order valence-electron chi connectivity index (χ0n) is 14.3. The molecule has 0 saturated carbocycles. The van der Waals surface area contributed by atoms with E-state index in [4.69, 9.17) is 0 Å². The van der Waals surface area contributed by atoms with Gasteiger partial charge in [0.15, 0.2) is 9.84 Å². The molecule has 0 radical (unpaired) electrons. The average Bonchev–Trinajstić information content (AvgIpc) is 2.44.